The maximum atomic E-state index is 12.7. The molecule has 0 fully saturated rings. The SMILES string of the molecule is CCc1oc2ccccc2c1/C=C(\C#N)C(=O)Nc1ccc(OC)c(OC)c1. The van der Waals surface area contributed by atoms with E-state index in [9.17, 15) is 10.1 Å². The van der Waals surface area contributed by atoms with Crippen molar-refractivity contribution in [1.29, 1.82) is 5.26 Å². The summed E-state index contributed by atoms with van der Waals surface area (Å²) in [6.45, 7) is 1.96. The Kier molecular flexibility index (Phi) is 5.66. The number of fused-ring (bicyclic) bond motifs is 1. The van der Waals surface area contributed by atoms with E-state index >= 15 is 0 Å². The molecule has 1 N–H and O–H groups in total. The first kappa shape index (κ1) is 19.1. The van der Waals surface area contributed by atoms with Gasteiger partial charge < -0.3 is 19.2 Å². The van der Waals surface area contributed by atoms with Crippen LogP contribution < -0.4 is 14.8 Å². The van der Waals surface area contributed by atoms with Crippen molar-refractivity contribution in [2.75, 3.05) is 19.5 Å². The van der Waals surface area contributed by atoms with Crippen LogP contribution in [0.1, 0.15) is 18.2 Å². The average molecular weight is 376 g/mol. The predicted molar refractivity (Wildman–Crippen MR) is 107 cm³/mol. The summed E-state index contributed by atoms with van der Waals surface area (Å²) in [6.07, 6.45) is 2.22. The lowest BCUT2D eigenvalue weighted by Crippen LogP contribution is -2.13. The molecule has 0 unspecified atom stereocenters. The van der Waals surface area contributed by atoms with E-state index in [1.807, 2.05) is 37.3 Å². The van der Waals surface area contributed by atoms with E-state index in [-0.39, 0.29) is 5.57 Å². The lowest BCUT2D eigenvalue weighted by atomic mass is 10.1. The number of nitriles is 1. The highest BCUT2D eigenvalue weighted by atomic mass is 16.5. The summed E-state index contributed by atoms with van der Waals surface area (Å²) in [5.74, 6) is 1.25. The first-order valence-electron chi connectivity index (χ1n) is 8.76. The summed E-state index contributed by atoms with van der Waals surface area (Å²) in [5, 5.41) is 13.1. The Morgan fingerprint density at radius 3 is 2.61 bits per heavy atom. The second-order valence-electron chi connectivity index (χ2n) is 5.98. The van der Waals surface area contributed by atoms with E-state index in [4.69, 9.17) is 13.9 Å². The number of carbonyl (C=O) groups is 1. The molecule has 0 aliphatic heterocycles. The molecule has 6 heteroatoms. The molecule has 1 amide bonds. The highest BCUT2D eigenvalue weighted by Gasteiger charge is 2.16. The van der Waals surface area contributed by atoms with Crippen molar-refractivity contribution in [2.45, 2.75) is 13.3 Å². The Morgan fingerprint density at radius 2 is 1.93 bits per heavy atom. The number of nitrogens with one attached hydrogen (secondary N) is 1. The van der Waals surface area contributed by atoms with Crippen molar-refractivity contribution in [2.24, 2.45) is 0 Å². The number of methoxy groups -OCH3 is 2. The largest absolute Gasteiger partial charge is 0.493 e. The normalized spacial score (nSPS) is 11.1. The number of aryl methyl sites for hydroxylation is 1. The molecule has 3 aromatic rings. The average Bonchev–Trinajstić information content (AvgIpc) is 3.09. The summed E-state index contributed by atoms with van der Waals surface area (Å²) in [7, 11) is 3.05. The van der Waals surface area contributed by atoms with Crippen LogP contribution in [-0.2, 0) is 11.2 Å². The molecule has 28 heavy (non-hydrogen) atoms. The zero-order chi connectivity index (χ0) is 20.1. The maximum Gasteiger partial charge on any atom is 0.266 e. The zero-order valence-corrected chi connectivity index (χ0v) is 15.9. The van der Waals surface area contributed by atoms with Gasteiger partial charge in [-0.25, -0.2) is 0 Å². The summed E-state index contributed by atoms with van der Waals surface area (Å²) in [6, 6.07) is 14.5. The topological polar surface area (TPSA) is 84.5 Å². The van der Waals surface area contributed by atoms with Crippen molar-refractivity contribution in [3.8, 4) is 17.6 Å². The van der Waals surface area contributed by atoms with Crippen LogP contribution in [0.15, 0.2) is 52.5 Å². The highest BCUT2D eigenvalue weighted by Crippen LogP contribution is 2.31. The lowest BCUT2D eigenvalue weighted by Gasteiger charge is -2.10. The number of para-hydroxylation sites is 1. The van der Waals surface area contributed by atoms with Crippen LogP contribution in [0.3, 0.4) is 0 Å². The minimum Gasteiger partial charge on any atom is -0.493 e. The van der Waals surface area contributed by atoms with E-state index < -0.39 is 5.91 Å². The van der Waals surface area contributed by atoms with E-state index in [0.29, 0.717) is 23.6 Å². The number of anilines is 1. The fourth-order valence-electron chi connectivity index (χ4n) is 2.94. The van der Waals surface area contributed by atoms with E-state index in [0.717, 1.165) is 22.3 Å². The fraction of sp³-hybridized carbons (Fsp3) is 0.182. The Bertz CT molecular complexity index is 1090. The number of rotatable bonds is 6. The number of carbonyl (C=O) groups excluding carboxylic acids is 1. The molecule has 1 heterocycles. The molecule has 0 saturated heterocycles. The number of hydrogen-bond donors (Lipinski definition) is 1. The smallest absolute Gasteiger partial charge is 0.266 e. The van der Waals surface area contributed by atoms with Gasteiger partial charge in [0, 0.05) is 29.1 Å². The molecule has 0 radical (unpaired) electrons. The molecule has 0 saturated carbocycles. The molecular weight excluding hydrogens is 356 g/mol. The third kappa shape index (κ3) is 3.69. The Hall–Kier alpha value is -3.72. The Balaban J connectivity index is 1.94. The first-order chi connectivity index (χ1) is 13.6. The van der Waals surface area contributed by atoms with Gasteiger partial charge >= 0.3 is 0 Å². The first-order valence-corrected chi connectivity index (χ1v) is 8.76. The Labute approximate surface area is 163 Å². The van der Waals surface area contributed by atoms with Crippen LogP contribution in [0.2, 0.25) is 0 Å². The minimum atomic E-state index is -0.512. The minimum absolute atomic E-state index is 0.0176. The van der Waals surface area contributed by atoms with Crippen LogP contribution >= 0.6 is 0 Å². The Morgan fingerprint density at radius 1 is 1.18 bits per heavy atom. The summed E-state index contributed by atoms with van der Waals surface area (Å²) in [4.78, 5) is 12.7. The van der Waals surface area contributed by atoms with Gasteiger partial charge in [-0.15, -0.1) is 0 Å². The van der Waals surface area contributed by atoms with Crippen LogP contribution in [0.4, 0.5) is 5.69 Å². The van der Waals surface area contributed by atoms with Crippen molar-refractivity contribution in [3.63, 3.8) is 0 Å². The van der Waals surface area contributed by atoms with Crippen LogP contribution in [0.5, 0.6) is 11.5 Å². The van der Waals surface area contributed by atoms with Gasteiger partial charge in [0.1, 0.15) is 23.0 Å². The molecule has 6 nitrogen and oxygen atoms in total. The van der Waals surface area contributed by atoms with E-state index in [1.54, 1.807) is 24.3 Å². The van der Waals surface area contributed by atoms with E-state index in [1.165, 1.54) is 14.2 Å². The number of furan rings is 1. The van der Waals surface area contributed by atoms with Gasteiger partial charge in [-0.2, -0.15) is 5.26 Å². The third-order valence-corrected chi connectivity index (χ3v) is 4.33. The number of nitrogens with zero attached hydrogens (tertiary/aromatic N) is 1. The van der Waals surface area contributed by atoms with E-state index in [2.05, 4.69) is 5.32 Å². The number of benzene rings is 2. The lowest BCUT2D eigenvalue weighted by molar-refractivity contribution is -0.112. The molecule has 0 atom stereocenters. The van der Waals surface area contributed by atoms with Gasteiger partial charge in [0.05, 0.1) is 14.2 Å². The molecule has 0 aliphatic rings. The second kappa shape index (κ2) is 8.31. The van der Waals surface area contributed by atoms with Gasteiger partial charge in [-0.05, 0) is 24.3 Å². The standard InChI is InChI=1S/C22H20N2O4/c1-4-18-17(16-7-5-6-8-19(16)28-18)11-14(13-23)22(25)24-15-9-10-20(26-2)21(12-15)27-3/h5-12H,4H2,1-3H3,(H,24,25)/b14-11+. The molecular formula is C22H20N2O4. The van der Waals surface area contributed by atoms with Gasteiger partial charge in [-0.3, -0.25) is 4.79 Å². The van der Waals surface area contributed by atoms with Crippen LogP contribution in [0.25, 0.3) is 17.0 Å². The van der Waals surface area contributed by atoms with Crippen LogP contribution in [0, 0.1) is 11.3 Å². The van der Waals surface area contributed by atoms with Gasteiger partial charge in [0.2, 0.25) is 0 Å². The van der Waals surface area contributed by atoms with Gasteiger partial charge in [0.25, 0.3) is 5.91 Å². The summed E-state index contributed by atoms with van der Waals surface area (Å²) >= 11 is 0. The molecule has 3 rings (SSSR count). The second-order valence-corrected chi connectivity index (χ2v) is 5.98. The fourth-order valence-corrected chi connectivity index (χ4v) is 2.94. The molecule has 142 valence electrons. The predicted octanol–water partition coefficient (Wildman–Crippen LogP) is 4.56. The quantitative estimate of drug-likeness (QED) is 0.504. The molecule has 1 aromatic heterocycles. The molecule has 0 bridgehead atoms. The third-order valence-electron chi connectivity index (χ3n) is 4.33. The highest BCUT2D eigenvalue weighted by molar-refractivity contribution is 6.11. The van der Waals surface area contributed by atoms with Gasteiger partial charge in [0.15, 0.2) is 11.5 Å². The number of ether oxygens (including phenoxy) is 2. The molecule has 0 aliphatic carbocycles. The number of hydrogen-bond acceptors (Lipinski definition) is 5. The van der Waals surface area contributed by atoms with Crippen molar-refractivity contribution in [1.82, 2.24) is 0 Å². The summed E-state index contributed by atoms with van der Waals surface area (Å²) < 4.78 is 16.3. The van der Waals surface area contributed by atoms with Crippen molar-refractivity contribution < 1.29 is 18.7 Å². The van der Waals surface area contributed by atoms with Crippen molar-refractivity contribution in [3.05, 3.63) is 59.4 Å². The van der Waals surface area contributed by atoms with Crippen molar-refractivity contribution >= 4 is 28.6 Å². The zero-order valence-electron chi connectivity index (χ0n) is 15.9. The maximum absolute atomic E-state index is 12.7. The number of amides is 1. The monoisotopic (exact) mass is 376 g/mol. The molecule has 0 spiro atoms. The molecule has 2 aromatic carbocycles. The summed E-state index contributed by atoms with van der Waals surface area (Å²) in [5.41, 5.74) is 1.95. The van der Waals surface area contributed by atoms with Crippen LogP contribution in [-0.4, -0.2) is 20.1 Å². The van der Waals surface area contributed by atoms with Gasteiger partial charge in [-0.1, -0.05) is 25.1 Å².